The first kappa shape index (κ1) is 17.3. The predicted octanol–water partition coefficient (Wildman–Crippen LogP) is 3.48. The van der Waals surface area contributed by atoms with Crippen molar-refractivity contribution >= 4 is 11.6 Å². The van der Waals surface area contributed by atoms with Gasteiger partial charge in [-0.25, -0.2) is 0 Å². The Balaban J connectivity index is 1.61. The molecular formula is C20H17NO5. The smallest absolute Gasteiger partial charge is 0.291 e. The van der Waals surface area contributed by atoms with Gasteiger partial charge in [0.1, 0.15) is 18.6 Å². The van der Waals surface area contributed by atoms with E-state index in [1.165, 1.54) is 7.11 Å². The Kier molecular flexibility index (Phi) is 5.34. The van der Waals surface area contributed by atoms with E-state index in [0.29, 0.717) is 18.0 Å². The number of hydrogen-bond acceptors (Lipinski definition) is 5. The number of hydrogen-bond donors (Lipinski definition) is 1. The molecule has 1 amide bonds. The summed E-state index contributed by atoms with van der Waals surface area (Å²) in [5, 5.41) is 2.66. The summed E-state index contributed by atoms with van der Waals surface area (Å²) in [6, 6.07) is 17.8. The molecule has 1 N–H and O–H groups in total. The molecule has 132 valence electrons. The van der Waals surface area contributed by atoms with Crippen LogP contribution in [0, 0.1) is 0 Å². The normalized spacial score (nSPS) is 10.2. The van der Waals surface area contributed by atoms with Gasteiger partial charge in [-0.1, -0.05) is 30.3 Å². The van der Waals surface area contributed by atoms with Crippen LogP contribution in [0.25, 0.3) is 0 Å². The van der Waals surface area contributed by atoms with Gasteiger partial charge >= 0.3 is 0 Å². The second kappa shape index (κ2) is 8.02. The minimum Gasteiger partial charge on any atom is -0.490 e. The van der Waals surface area contributed by atoms with Crippen molar-refractivity contribution in [2.75, 3.05) is 12.4 Å². The number of carbonyl (C=O) groups is 1. The van der Waals surface area contributed by atoms with E-state index in [2.05, 4.69) is 5.32 Å². The highest BCUT2D eigenvalue weighted by Crippen LogP contribution is 2.18. The molecular weight excluding hydrogens is 334 g/mol. The van der Waals surface area contributed by atoms with Crippen LogP contribution in [0.3, 0.4) is 0 Å². The highest BCUT2D eigenvalue weighted by atomic mass is 16.5. The maximum atomic E-state index is 12.1. The summed E-state index contributed by atoms with van der Waals surface area (Å²) >= 11 is 0. The van der Waals surface area contributed by atoms with E-state index in [1.54, 1.807) is 24.3 Å². The van der Waals surface area contributed by atoms with Crippen molar-refractivity contribution in [3.05, 3.63) is 88.5 Å². The zero-order chi connectivity index (χ0) is 18.4. The molecule has 0 aliphatic heterocycles. The molecule has 0 radical (unpaired) electrons. The Hall–Kier alpha value is -3.54. The highest BCUT2D eigenvalue weighted by molar-refractivity contribution is 6.02. The number of nitrogens with one attached hydrogen (secondary N) is 1. The molecule has 0 aliphatic rings. The second-order valence-electron chi connectivity index (χ2n) is 5.43. The minimum absolute atomic E-state index is 0.0430. The molecule has 26 heavy (non-hydrogen) atoms. The summed E-state index contributed by atoms with van der Waals surface area (Å²) in [5.41, 5.74) is 1.20. The lowest BCUT2D eigenvalue weighted by Crippen LogP contribution is -2.15. The lowest BCUT2D eigenvalue weighted by Gasteiger charge is -2.08. The van der Waals surface area contributed by atoms with Crippen LogP contribution in [0.15, 0.2) is 76.1 Å². The predicted molar refractivity (Wildman–Crippen MR) is 96.7 cm³/mol. The van der Waals surface area contributed by atoms with Gasteiger partial charge in [0.15, 0.2) is 5.76 Å². The van der Waals surface area contributed by atoms with Crippen molar-refractivity contribution < 1.29 is 18.7 Å². The zero-order valence-electron chi connectivity index (χ0n) is 14.1. The molecule has 0 aliphatic carbocycles. The van der Waals surface area contributed by atoms with Crippen LogP contribution in [0.5, 0.6) is 11.5 Å². The molecule has 0 saturated carbocycles. The van der Waals surface area contributed by atoms with E-state index in [9.17, 15) is 9.59 Å². The summed E-state index contributed by atoms with van der Waals surface area (Å²) in [5.74, 6) is 0.104. The number of methoxy groups -OCH3 is 1. The summed E-state index contributed by atoms with van der Waals surface area (Å²) < 4.78 is 15.6. The quantitative estimate of drug-likeness (QED) is 0.736. The molecule has 6 heteroatoms. The molecule has 0 bridgehead atoms. The van der Waals surface area contributed by atoms with Crippen LogP contribution in [-0.2, 0) is 6.61 Å². The monoisotopic (exact) mass is 351 g/mol. The molecule has 3 aromatic rings. The van der Waals surface area contributed by atoms with Gasteiger partial charge in [0.25, 0.3) is 5.91 Å². The van der Waals surface area contributed by atoms with Crippen molar-refractivity contribution in [1.29, 1.82) is 0 Å². The number of benzene rings is 2. The first-order valence-electron chi connectivity index (χ1n) is 7.90. The zero-order valence-corrected chi connectivity index (χ0v) is 14.1. The highest BCUT2D eigenvalue weighted by Gasteiger charge is 2.12. The Labute approximate surface area is 150 Å². The Morgan fingerprint density at radius 1 is 1.08 bits per heavy atom. The number of ether oxygens (including phenoxy) is 2. The lowest BCUT2D eigenvalue weighted by molar-refractivity contribution is 0.0993. The number of amides is 1. The Morgan fingerprint density at radius 3 is 2.46 bits per heavy atom. The molecule has 0 atom stereocenters. The standard InChI is InChI=1S/C20H17NO5/c1-24-19-13-26-18(11-17(19)22)20(23)21-15-7-9-16(10-8-15)25-12-14-5-3-2-4-6-14/h2-11,13H,12H2,1H3,(H,21,23). The first-order valence-corrected chi connectivity index (χ1v) is 7.90. The van der Waals surface area contributed by atoms with Crippen LogP contribution < -0.4 is 20.2 Å². The van der Waals surface area contributed by atoms with E-state index in [0.717, 1.165) is 17.9 Å². The van der Waals surface area contributed by atoms with Crippen LogP contribution in [0.1, 0.15) is 16.1 Å². The molecule has 0 spiro atoms. The molecule has 0 saturated heterocycles. The van der Waals surface area contributed by atoms with Gasteiger partial charge < -0.3 is 19.2 Å². The third-order valence-corrected chi connectivity index (χ3v) is 3.60. The molecule has 0 fully saturated rings. The van der Waals surface area contributed by atoms with Crippen molar-refractivity contribution in [3.63, 3.8) is 0 Å². The van der Waals surface area contributed by atoms with Gasteiger partial charge in [0.05, 0.1) is 7.11 Å². The van der Waals surface area contributed by atoms with E-state index >= 15 is 0 Å². The molecule has 6 nitrogen and oxygen atoms in total. The van der Waals surface area contributed by atoms with Crippen molar-refractivity contribution in [1.82, 2.24) is 0 Å². The van der Waals surface area contributed by atoms with Crippen LogP contribution in [0.2, 0.25) is 0 Å². The van der Waals surface area contributed by atoms with E-state index in [4.69, 9.17) is 13.9 Å². The fourth-order valence-electron chi connectivity index (χ4n) is 2.24. The van der Waals surface area contributed by atoms with Gasteiger partial charge in [0.2, 0.25) is 11.2 Å². The van der Waals surface area contributed by atoms with Gasteiger partial charge in [-0.15, -0.1) is 0 Å². The maximum absolute atomic E-state index is 12.1. The summed E-state index contributed by atoms with van der Waals surface area (Å²) in [7, 11) is 1.35. The van der Waals surface area contributed by atoms with Gasteiger partial charge in [0, 0.05) is 11.8 Å². The largest absolute Gasteiger partial charge is 0.490 e. The Morgan fingerprint density at radius 2 is 1.81 bits per heavy atom. The van der Waals surface area contributed by atoms with Crippen molar-refractivity contribution in [3.8, 4) is 11.5 Å². The first-order chi connectivity index (χ1) is 12.7. The third kappa shape index (κ3) is 4.30. The van der Waals surface area contributed by atoms with Gasteiger partial charge in [-0.3, -0.25) is 9.59 Å². The lowest BCUT2D eigenvalue weighted by atomic mass is 10.2. The third-order valence-electron chi connectivity index (χ3n) is 3.60. The average Bonchev–Trinajstić information content (AvgIpc) is 2.68. The molecule has 0 unspecified atom stereocenters. The number of rotatable bonds is 6. The van der Waals surface area contributed by atoms with Crippen LogP contribution in [0.4, 0.5) is 5.69 Å². The number of carbonyl (C=O) groups excluding carboxylic acids is 1. The maximum Gasteiger partial charge on any atom is 0.291 e. The minimum atomic E-state index is -0.525. The van der Waals surface area contributed by atoms with E-state index in [-0.39, 0.29) is 11.5 Å². The summed E-state index contributed by atoms with van der Waals surface area (Å²) in [4.78, 5) is 23.8. The molecule has 2 aromatic carbocycles. The van der Waals surface area contributed by atoms with Gasteiger partial charge in [-0.2, -0.15) is 0 Å². The van der Waals surface area contributed by atoms with E-state index in [1.807, 2.05) is 30.3 Å². The van der Waals surface area contributed by atoms with Crippen LogP contribution in [-0.4, -0.2) is 13.0 Å². The molecule has 3 rings (SSSR count). The van der Waals surface area contributed by atoms with Gasteiger partial charge in [-0.05, 0) is 29.8 Å². The van der Waals surface area contributed by atoms with Crippen LogP contribution >= 0.6 is 0 Å². The average molecular weight is 351 g/mol. The van der Waals surface area contributed by atoms with E-state index < -0.39 is 11.3 Å². The molecule has 1 aromatic heterocycles. The molecule has 1 heterocycles. The summed E-state index contributed by atoms with van der Waals surface area (Å²) in [6.45, 7) is 0.462. The topological polar surface area (TPSA) is 77.8 Å². The fraction of sp³-hybridized carbons (Fsp3) is 0.100. The summed E-state index contributed by atoms with van der Waals surface area (Å²) in [6.07, 6.45) is 1.11. The fourth-order valence-corrected chi connectivity index (χ4v) is 2.24. The van der Waals surface area contributed by atoms with Crippen molar-refractivity contribution in [2.24, 2.45) is 0 Å². The Bertz CT molecular complexity index is 932. The SMILES string of the molecule is COc1coc(C(=O)Nc2ccc(OCc3ccccc3)cc2)cc1=O. The second-order valence-corrected chi connectivity index (χ2v) is 5.43. The van der Waals surface area contributed by atoms with Crippen molar-refractivity contribution in [2.45, 2.75) is 6.61 Å². The number of anilines is 1.